The first-order valence-electron chi connectivity index (χ1n) is 5.97. The molecule has 6 nitrogen and oxygen atoms in total. The molecule has 8 heteroatoms. The first-order valence-corrected chi connectivity index (χ1v) is 6.73. The van der Waals surface area contributed by atoms with E-state index in [9.17, 15) is 14.4 Å². The number of benzene rings is 1. The molecule has 0 unspecified atom stereocenters. The number of hydrogen-bond donors (Lipinski definition) is 3. The highest BCUT2D eigenvalue weighted by Crippen LogP contribution is 2.22. The van der Waals surface area contributed by atoms with Gasteiger partial charge in [-0.1, -0.05) is 29.3 Å². The molecule has 0 heterocycles. The lowest BCUT2D eigenvalue weighted by Crippen LogP contribution is -2.42. The van der Waals surface area contributed by atoms with Crippen molar-refractivity contribution in [1.82, 2.24) is 5.32 Å². The van der Waals surface area contributed by atoms with E-state index in [4.69, 9.17) is 33.4 Å². The van der Waals surface area contributed by atoms with Gasteiger partial charge < -0.3 is 15.5 Å². The zero-order chi connectivity index (χ0) is 16.0. The van der Waals surface area contributed by atoms with E-state index < -0.39 is 30.3 Å². The quantitative estimate of drug-likeness (QED) is 0.707. The molecule has 1 aromatic rings. The molecule has 1 rings (SSSR count). The van der Waals surface area contributed by atoms with Gasteiger partial charge in [-0.15, -0.1) is 0 Å². The number of hydrogen-bond acceptors (Lipinski definition) is 3. The van der Waals surface area contributed by atoms with Gasteiger partial charge in [0.2, 0.25) is 5.91 Å². The fourth-order valence-corrected chi connectivity index (χ4v) is 2.12. The molecular weight excluding hydrogens is 321 g/mol. The maximum absolute atomic E-state index is 11.7. The van der Waals surface area contributed by atoms with Crippen molar-refractivity contribution in [3.63, 3.8) is 0 Å². The standard InChI is InChI=1S/C13H13Cl2NO5/c14-8-3-1-7(9(15)5-8)2-4-11(17)16-10(13(20)21)6-12(18)19/h1,3,5,10H,2,4,6H2,(H,16,17)(H,18,19)(H,20,21)/t10-/m1/s1. The second-order valence-electron chi connectivity index (χ2n) is 4.29. The van der Waals surface area contributed by atoms with Crippen molar-refractivity contribution in [2.75, 3.05) is 0 Å². The molecule has 3 N–H and O–H groups in total. The number of aliphatic carboxylic acids is 2. The van der Waals surface area contributed by atoms with Gasteiger partial charge in [0.25, 0.3) is 0 Å². The molecule has 0 spiro atoms. The highest BCUT2D eigenvalue weighted by Gasteiger charge is 2.22. The van der Waals surface area contributed by atoms with Crippen LogP contribution in [0, 0.1) is 0 Å². The predicted octanol–water partition coefficient (Wildman–Crippen LogP) is 1.97. The molecule has 0 aliphatic heterocycles. The Kier molecular flexibility index (Phi) is 6.45. The van der Waals surface area contributed by atoms with Crippen LogP contribution in [-0.4, -0.2) is 34.1 Å². The summed E-state index contributed by atoms with van der Waals surface area (Å²) in [7, 11) is 0. The van der Waals surface area contributed by atoms with Gasteiger partial charge in [0.15, 0.2) is 0 Å². The molecule has 1 aromatic carbocycles. The predicted molar refractivity (Wildman–Crippen MR) is 76.6 cm³/mol. The fraction of sp³-hybridized carbons (Fsp3) is 0.308. The Morgan fingerprint density at radius 2 is 1.86 bits per heavy atom. The maximum Gasteiger partial charge on any atom is 0.326 e. The Hall–Kier alpha value is -1.79. The summed E-state index contributed by atoms with van der Waals surface area (Å²) in [4.78, 5) is 33.0. The number of nitrogens with one attached hydrogen (secondary N) is 1. The monoisotopic (exact) mass is 333 g/mol. The van der Waals surface area contributed by atoms with E-state index in [2.05, 4.69) is 5.32 Å². The number of carboxylic acids is 2. The lowest BCUT2D eigenvalue weighted by molar-refractivity contribution is -0.147. The molecule has 0 aromatic heterocycles. The number of carboxylic acid groups (broad SMARTS) is 2. The lowest BCUT2D eigenvalue weighted by atomic mass is 10.1. The van der Waals surface area contributed by atoms with Crippen LogP contribution in [0.4, 0.5) is 0 Å². The molecule has 0 aliphatic rings. The smallest absolute Gasteiger partial charge is 0.326 e. The van der Waals surface area contributed by atoms with Gasteiger partial charge in [0.05, 0.1) is 6.42 Å². The van der Waals surface area contributed by atoms with Gasteiger partial charge in [-0.25, -0.2) is 4.79 Å². The zero-order valence-electron chi connectivity index (χ0n) is 10.8. The van der Waals surface area contributed by atoms with Crippen LogP contribution in [-0.2, 0) is 20.8 Å². The van der Waals surface area contributed by atoms with Crippen LogP contribution in [0.25, 0.3) is 0 Å². The second kappa shape index (κ2) is 7.85. The largest absolute Gasteiger partial charge is 0.481 e. The summed E-state index contributed by atoms with van der Waals surface area (Å²) in [5.41, 5.74) is 0.696. The summed E-state index contributed by atoms with van der Waals surface area (Å²) < 4.78 is 0. The minimum absolute atomic E-state index is 0.00918. The highest BCUT2D eigenvalue weighted by molar-refractivity contribution is 6.35. The zero-order valence-corrected chi connectivity index (χ0v) is 12.3. The summed E-state index contributed by atoms with van der Waals surface area (Å²) in [5, 5.41) is 20.4. The van der Waals surface area contributed by atoms with Gasteiger partial charge in [-0.05, 0) is 24.1 Å². The Labute approximate surface area is 130 Å². The Bertz CT molecular complexity index is 561. The Morgan fingerprint density at radius 3 is 2.38 bits per heavy atom. The topological polar surface area (TPSA) is 104 Å². The summed E-state index contributed by atoms with van der Waals surface area (Å²) in [6, 6.07) is 3.39. The molecule has 0 aliphatic carbocycles. The average molecular weight is 334 g/mol. The van der Waals surface area contributed by atoms with E-state index in [1.165, 1.54) is 0 Å². The molecular formula is C13H13Cl2NO5. The van der Waals surface area contributed by atoms with E-state index in [1.54, 1.807) is 18.2 Å². The molecule has 114 valence electrons. The third kappa shape index (κ3) is 6.01. The molecule has 0 saturated carbocycles. The fourth-order valence-electron chi connectivity index (χ4n) is 1.61. The van der Waals surface area contributed by atoms with Crippen LogP contribution in [0.5, 0.6) is 0 Å². The lowest BCUT2D eigenvalue weighted by Gasteiger charge is -2.12. The van der Waals surface area contributed by atoms with E-state index in [1.807, 2.05) is 0 Å². The number of aryl methyl sites for hydroxylation is 1. The van der Waals surface area contributed by atoms with Gasteiger partial charge >= 0.3 is 11.9 Å². The molecule has 1 amide bonds. The first kappa shape index (κ1) is 17.3. The van der Waals surface area contributed by atoms with E-state index in [0.29, 0.717) is 22.0 Å². The van der Waals surface area contributed by atoms with Crippen molar-refractivity contribution in [2.24, 2.45) is 0 Å². The number of rotatable bonds is 7. The summed E-state index contributed by atoms with van der Waals surface area (Å²) in [6.45, 7) is 0. The van der Waals surface area contributed by atoms with Crippen molar-refractivity contribution in [1.29, 1.82) is 0 Å². The highest BCUT2D eigenvalue weighted by atomic mass is 35.5. The van der Waals surface area contributed by atoms with Crippen molar-refractivity contribution in [2.45, 2.75) is 25.3 Å². The van der Waals surface area contributed by atoms with Crippen LogP contribution >= 0.6 is 23.2 Å². The van der Waals surface area contributed by atoms with Gasteiger partial charge in [-0.2, -0.15) is 0 Å². The van der Waals surface area contributed by atoms with Crippen molar-refractivity contribution in [3.8, 4) is 0 Å². The van der Waals surface area contributed by atoms with Crippen LogP contribution in [0.3, 0.4) is 0 Å². The third-order valence-electron chi connectivity index (χ3n) is 2.65. The van der Waals surface area contributed by atoms with Gasteiger partial charge in [-0.3, -0.25) is 9.59 Å². The number of carbonyl (C=O) groups is 3. The average Bonchev–Trinajstić information content (AvgIpc) is 2.36. The van der Waals surface area contributed by atoms with Crippen LogP contribution in [0.1, 0.15) is 18.4 Å². The van der Waals surface area contributed by atoms with Crippen molar-refractivity contribution in [3.05, 3.63) is 33.8 Å². The van der Waals surface area contributed by atoms with Crippen molar-refractivity contribution < 1.29 is 24.6 Å². The number of carbonyl (C=O) groups excluding carboxylic acids is 1. The summed E-state index contributed by atoms with van der Waals surface area (Å²) >= 11 is 11.7. The minimum atomic E-state index is -1.45. The normalized spacial score (nSPS) is 11.7. The van der Waals surface area contributed by atoms with Gasteiger partial charge in [0.1, 0.15) is 6.04 Å². The number of halogens is 2. The maximum atomic E-state index is 11.7. The molecule has 0 radical (unpaired) electrons. The summed E-state index contributed by atoms with van der Waals surface area (Å²) in [5.74, 6) is -3.26. The van der Waals surface area contributed by atoms with Crippen LogP contribution < -0.4 is 5.32 Å². The van der Waals surface area contributed by atoms with Crippen LogP contribution in [0.2, 0.25) is 10.0 Å². The molecule has 0 fully saturated rings. The Morgan fingerprint density at radius 1 is 1.19 bits per heavy atom. The molecule has 21 heavy (non-hydrogen) atoms. The number of amides is 1. The SMILES string of the molecule is O=C(O)C[C@@H](NC(=O)CCc1ccc(Cl)cc1Cl)C(=O)O. The summed E-state index contributed by atoms with van der Waals surface area (Å²) in [6.07, 6.45) is -0.394. The molecule has 0 saturated heterocycles. The molecule has 0 bridgehead atoms. The molecule has 1 atom stereocenters. The minimum Gasteiger partial charge on any atom is -0.481 e. The van der Waals surface area contributed by atoms with E-state index in [0.717, 1.165) is 0 Å². The first-order chi connectivity index (χ1) is 9.79. The third-order valence-corrected chi connectivity index (χ3v) is 3.24. The van der Waals surface area contributed by atoms with E-state index >= 15 is 0 Å². The van der Waals surface area contributed by atoms with E-state index in [-0.39, 0.29) is 6.42 Å². The van der Waals surface area contributed by atoms with Crippen LogP contribution in [0.15, 0.2) is 18.2 Å². The van der Waals surface area contributed by atoms with Crippen molar-refractivity contribution >= 4 is 41.0 Å². The second-order valence-corrected chi connectivity index (χ2v) is 5.14. The Balaban J connectivity index is 2.56. The van der Waals surface area contributed by atoms with Gasteiger partial charge in [0, 0.05) is 16.5 Å².